The summed E-state index contributed by atoms with van der Waals surface area (Å²) in [6.45, 7) is -1.36. The summed E-state index contributed by atoms with van der Waals surface area (Å²) in [7, 11) is 0. The van der Waals surface area contributed by atoms with Gasteiger partial charge in [-0.05, 0) is 30.3 Å². The highest BCUT2D eigenvalue weighted by atomic mass is 35.5. The molecule has 1 atom stereocenters. The molecule has 3 amide bonds. The van der Waals surface area contributed by atoms with E-state index in [1.165, 1.54) is 18.2 Å². The van der Waals surface area contributed by atoms with Crippen LogP contribution in [0.2, 0.25) is 5.02 Å². The van der Waals surface area contributed by atoms with Crippen molar-refractivity contribution >= 4 is 41.0 Å². The number of likely N-dealkylation sites (tertiary alicyclic amines) is 1. The number of halogens is 4. The summed E-state index contributed by atoms with van der Waals surface area (Å²) < 4.78 is 43.0. The maximum atomic E-state index is 13.3. The molecule has 0 aliphatic carbocycles. The average Bonchev–Trinajstić information content (AvgIpc) is 3.30. The predicted octanol–water partition coefficient (Wildman–Crippen LogP) is 2.58. The SMILES string of the molecule is O=C(O)CN1C(=O)C2(CC(=O)N(Cc3ccc(C(F)(F)F)o3)C2=O)c2cc(Cl)ccc21. The van der Waals surface area contributed by atoms with Crippen molar-refractivity contribution in [2.75, 3.05) is 11.4 Å². The van der Waals surface area contributed by atoms with Gasteiger partial charge in [0, 0.05) is 16.3 Å². The van der Waals surface area contributed by atoms with Crippen molar-refractivity contribution in [2.24, 2.45) is 0 Å². The topological polar surface area (TPSA) is 108 Å². The number of hydrogen-bond donors (Lipinski definition) is 1. The Kier molecular flexibility index (Phi) is 4.61. The summed E-state index contributed by atoms with van der Waals surface area (Å²) in [5.41, 5.74) is -1.84. The second-order valence-corrected chi connectivity index (χ2v) is 7.51. The van der Waals surface area contributed by atoms with Crippen molar-refractivity contribution in [1.29, 1.82) is 0 Å². The Balaban J connectivity index is 1.73. The molecule has 2 aliphatic heterocycles. The van der Waals surface area contributed by atoms with Crippen LogP contribution in [0, 0.1) is 0 Å². The van der Waals surface area contributed by atoms with Crippen molar-refractivity contribution in [1.82, 2.24) is 4.90 Å². The second-order valence-electron chi connectivity index (χ2n) is 7.08. The number of alkyl halides is 3. The van der Waals surface area contributed by atoms with E-state index in [0.717, 1.165) is 11.0 Å². The minimum absolute atomic E-state index is 0.0718. The lowest BCUT2D eigenvalue weighted by molar-refractivity contribution is -0.153. The number of carbonyl (C=O) groups excluding carboxylic acids is 3. The lowest BCUT2D eigenvalue weighted by Crippen LogP contribution is -2.47. The molecule has 8 nitrogen and oxygen atoms in total. The Morgan fingerprint density at radius 3 is 2.42 bits per heavy atom. The molecule has 0 bridgehead atoms. The van der Waals surface area contributed by atoms with Gasteiger partial charge in [0.15, 0.2) is 5.41 Å². The van der Waals surface area contributed by atoms with Gasteiger partial charge in [-0.3, -0.25) is 29.0 Å². The number of furan rings is 1. The van der Waals surface area contributed by atoms with Gasteiger partial charge in [0.05, 0.1) is 13.0 Å². The van der Waals surface area contributed by atoms with Crippen LogP contribution in [0.3, 0.4) is 0 Å². The highest BCUT2D eigenvalue weighted by Crippen LogP contribution is 2.49. The summed E-state index contributed by atoms with van der Waals surface area (Å²) in [6.07, 6.45) is -5.35. The number of rotatable bonds is 4. The highest BCUT2D eigenvalue weighted by molar-refractivity contribution is 6.32. The van der Waals surface area contributed by atoms with Crippen molar-refractivity contribution in [3.05, 3.63) is 52.4 Å². The maximum Gasteiger partial charge on any atom is 0.449 e. The standard InChI is InChI=1S/C19H12ClF3N2O6/c20-9-1-3-12-11(5-9)18(16(29)24(12)8-15(27)28)6-14(26)25(17(18)30)7-10-2-4-13(31-10)19(21,22)23/h1-5H,6-8H2,(H,27,28). The summed E-state index contributed by atoms with van der Waals surface area (Å²) in [4.78, 5) is 51.8. The zero-order valence-corrected chi connectivity index (χ0v) is 16.2. The molecule has 1 aromatic heterocycles. The quantitative estimate of drug-likeness (QED) is 0.559. The molecule has 0 saturated carbocycles. The third kappa shape index (κ3) is 3.16. The molecule has 1 spiro atoms. The van der Waals surface area contributed by atoms with E-state index >= 15 is 0 Å². The van der Waals surface area contributed by atoms with Crippen LogP contribution in [0.25, 0.3) is 0 Å². The van der Waals surface area contributed by atoms with Crippen LogP contribution in [0.15, 0.2) is 34.7 Å². The number of amides is 3. The molecule has 1 aromatic carbocycles. The highest BCUT2D eigenvalue weighted by Gasteiger charge is 2.64. The lowest BCUT2D eigenvalue weighted by Gasteiger charge is -2.21. The van der Waals surface area contributed by atoms with Crippen LogP contribution in [0.5, 0.6) is 0 Å². The molecule has 4 rings (SSSR count). The Morgan fingerprint density at radius 2 is 1.81 bits per heavy atom. The molecule has 2 aliphatic rings. The smallest absolute Gasteiger partial charge is 0.449 e. The van der Waals surface area contributed by atoms with Gasteiger partial charge in [-0.15, -0.1) is 0 Å². The number of aliphatic carboxylic acids is 1. The van der Waals surface area contributed by atoms with E-state index in [2.05, 4.69) is 4.42 Å². The first-order chi connectivity index (χ1) is 14.4. The van der Waals surface area contributed by atoms with Gasteiger partial charge < -0.3 is 9.52 Å². The summed E-state index contributed by atoms with van der Waals surface area (Å²) in [5, 5.41) is 9.30. The number of carbonyl (C=O) groups is 4. The van der Waals surface area contributed by atoms with Crippen LogP contribution in [0.1, 0.15) is 23.5 Å². The van der Waals surface area contributed by atoms with Crippen LogP contribution in [0.4, 0.5) is 18.9 Å². The van der Waals surface area contributed by atoms with Crippen LogP contribution in [-0.4, -0.2) is 40.2 Å². The fraction of sp³-hybridized carbons (Fsp3) is 0.263. The number of fused-ring (bicyclic) bond motifs is 2. The number of carboxylic acids is 1. The van der Waals surface area contributed by atoms with E-state index in [9.17, 15) is 32.3 Å². The van der Waals surface area contributed by atoms with Crippen LogP contribution in [-0.2, 0) is 37.3 Å². The number of nitrogens with zero attached hydrogens (tertiary/aromatic N) is 2. The van der Waals surface area contributed by atoms with E-state index in [0.29, 0.717) is 11.0 Å². The summed E-state index contributed by atoms with van der Waals surface area (Å²) in [6, 6.07) is 5.73. The largest absolute Gasteiger partial charge is 0.480 e. The zero-order chi connectivity index (χ0) is 22.7. The third-order valence-corrected chi connectivity index (χ3v) is 5.43. The number of hydrogen-bond acceptors (Lipinski definition) is 5. The van der Waals surface area contributed by atoms with E-state index < -0.39 is 60.6 Å². The monoisotopic (exact) mass is 456 g/mol. The molecule has 1 unspecified atom stereocenters. The normalized spacial score (nSPS) is 20.8. The number of carboxylic acid groups (broad SMARTS) is 1. The van der Waals surface area contributed by atoms with Gasteiger partial charge in [-0.25, -0.2) is 0 Å². The van der Waals surface area contributed by atoms with Crippen molar-refractivity contribution in [3.8, 4) is 0 Å². The van der Waals surface area contributed by atoms with Gasteiger partial charge in [0.1, 0.15) is 12.3 Å². The Labute approximate surface area is 176 Å². The first-order valence-electron chi connectivity index (χ1n) is 8.79. The zero-order valence-electron chi connectivity index (χ0n) is 15.4. The Bertz CT molecular complexity index is 1140. The number of anilines is 1. The van der Waals surface area contributed by atoms with Crippen LogP contribution >= 0.6 is 11.6 Å². The summed E-state index contributed by atoms with van der Waals surface area (Å²) in [5.74, 6) is -5.64. The second kappa shape index (κ2) is 6.84. The van der Waals surface area contributed by atoms with Gasteiger partial charge in [0.2, 0.25) is 23.5 Å². The van der Waals surface area contributed by atoms with Gasteiger partial charge in [-0.1, -0.05) is 11.6 Å². The molecule has 31 heavy (non-hydrogen) atoms. The van der Waals surface area contributed by atoms with Gasteiger partial charge in [0.25, 0.3) is 0 Å². The molecule has 1 N–H and O–H groups in total. The molecule has 162 valence electrons. The molecule has 1 fully saturated rings. The lowest BCUT2D eigenvalue weighted by atomic mass is 9.80. The molecule has 12 heteroatoms. The van der Waals surface area contributed by atoms with E-state index in [1.807, 2.05) is 0 Å². The molecule has 2 aromatic rings. The third-order valence-electron chi connectivity index (χ3n) is 5.20. The maximum absolute atomic E-state index is 13.3. The minimum Gasteiger partial charge on any atom is -0.480 e. The molecular weight excluding hydrogens is 445 g/mol. The van der Waals surface area contributed by atoms with E-state index in [1.54, 1.807) is 0 Å². The van der Waals surface area contributed by atoms with Crippen molar-refractivity contribution < 1.29 is 41.9 Å². The molecular formula is C19H12ClF3N2O6. The van der Waals surface area contributed by atoms with E-state index in [4.69, 9.17) is 16.7 Å². The first kappa shape index (κ1) is 20.9. The predicted molar refractivity (Wildman–Crippen MR) is 97.0 cm³/mol. The van der Waals surface area contributed by atoms with Gasteiger partial charge >= 0.3 is 12.1 Å². The Morgan fingerprint density at radius 1 is 1.13 bits per heavy atom. The van der Waals surface area contributed by atoms with E-state index in [-0.39, 0.29) is 22.0 Å². The number of imide groups is 1. The Hall–Kier alpha value is -3.34. The van der Waals surface area contributed by atoms with Crippen molar-refractivity contribution in [3.63, 3.8) is 0 Å². The van der Waals surface area contributed by atoms with Gasteiger partial charge in [-0.2, -0.15) is 13.2 Å². The molecule has 1 saturated heterocycles. The first-order valence-corrected chi connectivity index (χ1v) is 9.17. The van der Waals surface area contributed by atoms with Crippen molar-refractivity contribution in [2.45, 2.75) is 24.6 Å². The van der Waals surface area contributed by atoms with Crippen LogP contribution < -0.4 is 4.90 Å². The summed E-state index contributed by atoms with van der Waals surface area (Å²) >= 11 is 6.00. The fourth-order valence-electron chi connectivity index (χ4n) is 3.88. The number of benzene rings is 1. The molecule has 0 radical (unpaired) electrons. The fourth-order valence-corrected chi connectivity index (χ4v) is 4.05. The molecule has 3 heterocycles. The minimum atomic E-state index is -4.74. The average molecular weight is 457 g/mol.